The van der Waals surface area contributed by atoms with Gasteiger partial charge in [-0.2, -0.15) is 0 Å². The fourth-order valence-electron chi connectivity index (χ4n) is 2.60. The van der Waals surface area contributed by atoms with Crippen molar-refractivity contribution in [1.82, 2.24) is 4.90 Å². The molecule has 2 aromatic rings. The number of nitro benzene ring substituents is 1. The average Bonchev–Trinajstić information content (AvgIpc) is 3.42. The van der Waals surface area contributed by atoms with Gasteiger partial charge in [0.25, 0.3) is 11.6 Å². The van der Waals surface area contributed by atoms with Gasteiger partial charge >= 0.3 is 0 Å². The minimum atomic E-state index is -0.477. The number of carbonyl (C=O) groups is 1. The topological polar surface area (TPSA) is 75.5 Å². The van der Waals surface area contributed by atoms with Gasteiger partial charge in [-0.3, -0.25) is 14.9 Å². The van der Waals surface area contributed by atoms with Crippen LogP contribution in [0.4, 0.5) is 11.4 Å². The maximum Gasteiger partial charge on any atom is 0.293 e. The fourth-order valence-corrected chi connectivity index (χ4v) is 2.98. The summed E-state index contributed by atoms with van der Waals surface area (Å²) >= 11 is 12.2. The van der Waals surface area contributed by atoms with Crippen molar-refractivity contribution in [2.75, 3.05) is 12.4 Å². The molecular weight excluding hydrogens is 377 g/mol. The third-order valence-corrected chi connectivity index (χ3v) is 5.02. The standard InChI is InChI=1S/C18H17Cl2N3O3/c1-22(10-12-3-2-4-14(19)17(12)20)18(24)11-5-8-15(21-13-6-7-13)16(9-11)23(25)26/h2-5,8-9,13,21H,6-7,10H2,1H3. The number of rotatable bonds is 6. The van der Waals surface area contributed by atoms with Crippen LogP contribution in [0.3, 0.4) is 0 Å². The van der Waals surface area contributed by atoms with Gasteiger partial charge in [0.1, 0.15) is 5.69 Å². The number of benzene rings is 2. The van der Waals surface area contributed by atoms with Crippen molar-refractivity contribution in [3.8, 4) is 0 Å². The van der Waals surface area contributed by atoms with E-state index in [1.165, 1.54) is 11.0 Å². The minimum Gasteiger partial charge on any atom is -0.377 e. The highest BCUT2D eigenvalue weighted by Gasteiger charge is 2.26. The molecule has 0 unspecified atom stereocenters. The van der Waals surface area contributed by atoms with Gasteiger partial charge in [-0.15, -0.1) is 0 Å². The first-order valence-corrected chi connectivity index (χ1v) is 8.85. The molecule has 1 saturated carbocycles. The zero-order valence-corrected chi connectivity index (χ0v) is 15.5. The number of hydrogen-bond donors (Lipinski definition) is 1. The quantitative estimate of drug-likeness (QED) is 0.567. The molecule has 0 spiro atoms. The van der Waals surface area contributed by atoms with E-state index in [2.05, 4.69) is 5.32 Å². The molecule has 26 heavy (non-hydrogen) atoms. The summed E-state index contributed by atoms with van der Waals surface area (Å²) in [4.78, 5) is 25.0. The monoisotopic (exact) mass is 393 g/mol. The summed E-state index contributed by atoms with van der Waals surface area (Å²) in [7, 11) is 1.61. The van der Waals surface area contributed by atoms with Crippen molar-refractivity contribution in [2.45, 2.75) is 25.4 Å². The maximum atomic E-state index is 12.7. The molecule has 2 aromatic carbocycles. The molecule has 136 valence electrons. The molecule has 8 heteroatoms. The van der Waals surface area contributed by atoms with Gasteiger partial charge < -0.3 is 10.2 Å². The lowest BCUT2D eigenvalue weighted by molar-refractivity contribution is -0.384. The van der Waals surface area contributed by atoms with Crippen molar-refractivity contribution in [2.24, 2.45) is 0 Å². The van der Waals surface area contributed by atoms with Gasteiger partial charge in [-0.25, -0.2) is 0 Å². The highest BCUT2D eigenvalue weighted by atomic mass is 35.5. The Labute approximate surface area is 160 Å². The molecule has 3 rings (SSSR count). The van der Waals surface area contributed by atoms with E-state index in [4.69, 9.17) is 23.2 Å². The largest absolute Gasteiger partial charge is 0.377 e. The summed E-state index contributed by atoms with van der Waals surface area (Å²) in [6.07, 6.45) is 2.00. The predicted octanol–water partition coefficient (Wildman–Crippen LogP) is 4.75. The van der Waals surface area contributed by atoms with Gasteiger partial charge in [0.05, 0.1) is 15.0 Å². The number of halogens is 2. The van der Waals surface area contributed by atoms with Gasteiger partial charge in [-0.05, 0) is 36.6 Å². The number of carbonyl (C=O) groups excluding carboxylic acids is 1. The number of nitrogens with zero attached hydrogens (tertiary/aromatic N) is 2. The molecule has 1 aliphatic carbocycles. The lowest BCUT2D eigenvalue weighted by atomic mass is 10.1. The Morgan fingerprint density at radius 1 is 1.31 bits per heavy atom. The molecule has 0 atom stereocenters. The third kappa shape index (κ3) is 4.08. The van der Waals surface area contributed by atoms with E-state index in [0.29, 0.717) is 21.3 Å². The highest BCUT2D eigenvalue weighted by molar-refractivity contribution is 6.42. The van der Waals surface area contributed by atoms with Crippen LogP contribution in [0.25, 0.3) is 0 Å². The molecule has 1 aliphatic rings. The van der Waals surface area contributed by atoms with Crippen molar-refractivity contribution >= 4 is 40.5 Å². The van der Waals surface area contributed by atoms with E-state index in [9.17, 15) is 14.9 Å². The van der Waals surface area contributed by atoms with Gasteiger partial charge in [0.15, 0.2) is 0 Å². The van der Waals surface area contributed by atoms with Gasteiger partial charge in [0.2, 0.25) is 0 Å². The Kier molecular flexibility index (Phi) is 5.34. The normalized spacial score (nSPS) is 13.3. The lowest BCUT2D eigenvalue weighted by Gasteiger charge is -2.19. The van der Waals surface area contributed by atoms with Crippen LogP contribution in [0.5, 0.6) is 0 Å². The highest BCUT2D eigenvalue weighted by Crippen LogP contribution is 2.32. The molecule has 0 saturated heterocycles. The summed E-state index contributed by atoms with van der Waals surface area (Å²) in [5.41, 5.74) is 1.29. The van der Waals surface area contributed by atoms with Crippen molar-refractivity contribution in [1.29, 1.82) is 0 Å². The Morgan fingerprint density at radius 3 is 2.69 bits per heavy atom. The van der Waals surface area contributed by atoms with Crippen LogP contribution in [0.1, 0.15) is 28.8 Å². The van der Waals surface area contributed by atoms with Gasteiger partial charge in [0, 0.05) is 31.3 Å². The molecule has 0 bridgehead atoms. The number of nitro groups is 1. The smallest absolute Gasteiger partial charge is 0.293 e. The molecular formula is C18H17Cl2N3O3. The molecule has 0 aliphatic heterocycles. The zero-order chi connectivity index (χ0) is 18.8. The number of nitrogens with one attached hydrogen (secondary N) is 1. The van der Waals surface area contributed by atoms with E-state index in [0.717, 1.165) is 12.8 Å². The minimum absolute atomic E-state index is 0.100. The first kappa shape index (κ1) is 18.5. The number of hydrogen-bond acceptors (Lipinski definition) is 4. The second-order valence-corrected chi connectivity index (χ2v) is 7.07. The molecule has 1 amide bonds. The van der Waals surface area contributed by atoms with E-state index in [1.807, 2.05) is 0 Å². The Morgan fingerprint density at radius 2 is 2.04 bits per heavy atom. The Hall–Kier alpha value is -2.31. The van der Waals surface area contributed by atoms with Crippen LogP contribution in [-0.4, -0.2) is 28.8 Å². The van der Waals surface area contributed by atoms with E-state index in [-0.39, 0.29) is 29.7 Å². The number of anilines is 1. The van der Waals surface area contributed by atoms with Crippen LogP contribution in [0.2, 0.25) is 10.0 Å². The van der Waals surface area contributed by atoms with Crippen LogP contribution in [-0.2, 0) is 6.54 Å². The SMILES string of the molecule is CN(Cc1cccc(Cl)c1Cl)C(=O)c1ccc(NC2CC2)c([N+](=O)[O-])c1. The van der Waals surface area contributed by atoms with Crippen LogP contribution < -0.4 is 5.32 Å². The summed E-state index contributed by atoms with van der Waals surface area (Å²) in [6.45, 7) is 0.244. The van der Waals surface area contributed by atoms with E-state index < -0.39 is 4.92 Å². The lowest BCUT2D eigenvalue weighted by Crippen LogP contribution is -2.26. The second kappa shape index (κ2) is 7.51. The predicted molar refractivity (Wildman–Crippen MR) is 102 cm³/mol. The summed E-state index contributed by atoms with van der Waals surface area (Å²) in [6, 6.07) is 9.98. The van der Waals surface area contributed by atoms with Crippen LogP contribution in [0.15, 0.2) is 36.4 Å². The molecule has 0 radical (unpaired) electrons. The zero-order valence-electron chi connectivity index (χ0n) is 14.0. The van der Waals surface area contributed by atoms with Crippen molar-refractivity contribution < 1.29 is 9.72 Å². The number of amides is 1. The Bertz CT molecular complexity index is 869. The average molecular weight is 394 g/mol. The van der Waals surface area contributed by atoms with Gasteiger partial charge in [-0.1, -0.05) is 35.3 Å². The first-order chi connectivity index (χ1) is 12.4. The van der Waals surface area contributed by atoms with E-state index >= 15 is 0 Å². The van der Waals surface area contributed by atoms with Crippen LogP contribution in [0, 0.1) is 10.1 Å². The summed E-state index contributed by atoms with van der Waals surface area (Å²) in [5, 5.41) is 15.3. The molecule has 1 fully saturated rings. The van der Waals surface area contributed by atoms with Crippen molar-refractivity contribution in [3.05, 3.63) is 67.7 Å². The summed E-state index contributed by atoms with van der Waals surface area (Å²) < 4.78 is 0. The van der Waals surface area contributed by atoms with Crippen molar-refractivity contribution in [3.63, 3.8) is 0 Å². The fraction of sp³-hybridized carbons (Fsp3) is 0.278. The molecule has 1 N–H and O–H groups in total. The maximum absolute atomic E-state index is 12.7. The Balaban J connectivity index is 1.80. The molecule has 0 aromatic heterocycles. The van der Waals surface area contributed by atoms with Crippen LogP contribution >= 0.6 is 23.2 Å². The summed E-state index contributed by atoms with van der Waals surface area (Å²) in [5.74, 6) is -0.331. The third-order valence-electron chi connectivity index (χ3n) is 4.16. The molecule has 6 nitrogen and oxygen atoms in total. The molecule has 0 heterocycles. The first-order valence-electron chi connectivity index (χ1n) is 8.10. The van der Waals surface area contributed by atoms with E-state index in [1.54, 1.807) is 37.4 Å². The second-order valence-electron chi connectivity index (χ2n) is 6.28.